The first-order valence-electron chi connectivity index (χ1n) is 5.22. The third-order valence-electron chi connectivity index (χ3n) is 1.79. The first-order valence-corrected chi connectivity index (χ1v) is 5.22. The van der Waals surface area contributed by atoms with E-state index in [0.29, 0.717) is 0 Å². The van der Waals surface area contributed by atoms with Gasteiger partial charge in [0.05, 0.1) is 0 Å². The molecule has 0 unspecified atom stereocenters. The summed E-state index contributed by atoms with van der Waals surface area (Å²) in [5.41, 5.74) is 0. The lowest BCUT2D eigenvalue weighted by atomic mass is 10.3. The summed E-state index contributed by atoms with van der Waals surface area (Å²) in [5, 5.41) is 0. The predicted molar refractivity (Wildman–Crippen MR) is 58.9 cm³/mol. The molecule has 13 heavy (non-hydrogen) atoms. The van der Waals surface area contributed by atoms with E-state index in [-0.39, 0.29) is 0 Å². The molecule has 1 nitrogen and oxygen atoms in total. The lowest BCUT2D eigenvalue weighted by Crippen LogP contribution is -1.95. The molecule has 0 aromatic carbocycles. The second kappa shape index (κ2) is 11.4. The molecule has 0 N–H and O–H groups in total. The molecular formula is C12H22O. The van der Waals surface area contributed by atoms with Crippen molar-refractivity contribution in [2.75, 3.05) is 13.2 Å². The molecule has 0 rings (SSSR count). The average molecular weight is 182 g/mol. The molecule has 0 aliphatic rings. The van der Waals surface area contributed by atoms with Gasteiger partial charge in [-0.25, -0.2) is 0 Å². The average Bonchev–Trinajstić information content (AvgIpc) is 2.16. The summed E-state index contributed by atoms with van der Waals surface area (Å²) >= 11 is 0. The van der Waals surface area contributed by atoms with Gasteiger partial charge < -0.3 is 4.74 Å². The minimum absolute atomic E-state index is 0.903. The lowest BCUT2D eigenvalue weighted by Gasteiger charge is -2.00. The van der Waals surface area contributed by atoms with Gasteiger partial charge in [0, 0.05) is 13.2 Å². The molecule has 76 valence electrons. The van der Waals surface area contributed by atoms with Crippen LogP contribution in [-0.2, 0) is 4.74 Å². The third kappa shape index (κ3) is 11.4. The largest absolute Gasteiger partial charge is 0.381 e. The van der Waals surface area contributed by atoms with E-state index in [1.807, 2.05) is 0 Å². The van der Waals surface area contributed by atoms with Crippen molar-refractivity contribution < 1.29 is 4.74 Å². The van der Waals surface area contributed by atoms with Crippen molar-refractivity contribution in [1.82, 2.24) is 0 Å². The minimum atomic E-state index is 0.903. The van der Waals surface area contributed by atoms with Crippen LogP contribution in [0.2, 0.25) is 0 Å². The topological polar surface area (TPSA) is 9.23 Å². The van der Waals surface area contributed by atoms with Crippen LogP contribution in [0.1, 0.15) is 39.5 Å². The molecule has 0 spiro atoms. The highest BCUT2D eigenvalue weighted by Crippen LogP contribution is 1.95. The number of unbranched alkanes of at least 4 members (excludes halogenated alkanes) is 2. The highest BCUT2D eigenvalue weighted by Gasteiger charge is 1.86. The van der Waals surface area contributed by atoms with E-state index in [1.54, 1.807) is 0 Å². The van der Waals surface area contributed by atoms with E-state index < -0.39 is 0 Å². The molecule has 0 amide bonds. The molecule has 0 atom stereocenters. The summed E-state index contributed by atoms with van der Waals surface area (Å²) in [7, 11) is 0. The minimum Gasteiger partial charge on any atom is -0.381 e. The summed E-state index contributed by atoms with van der Waals surface area (Å²) in [5.74, 6) is 0. The van der Waals surface area contributed by atoms with E-state index in [1.165, 1.54) is 0 Å². The maximum Gasteiger partial charge on any atom is 0.0468 e. The van der Waals surface area contributed by atoms with Crippen molar-refractivity contribution in [2.24, 2.45) is 0 Å². The molecule has 1 heteroatoms. The van der Waals surface area contributed by atoms with Gasteiger partial charge in [-0.3, -0.25) is 0 Å². The van der Waals surface area contributed by atoms with Crippen LogP contribution in [0.15, 0.2) is 24.3 Å². The Bertz CT molecular complexity index is 120. The number of hydrogen-bond donors (Lipinski definition) is 0. The highest BCUT2D eigenvalue weighted by molar-refractivity contribution is 4.76. The Kier molecular flexibility index (Phi) is 10.9. The van der Waals surface area contributed by atoms with Gasteiger partial charge in [-0.1, -0.05) is 24.3 Å². The number of rotatable bonds is 8. The summed E-state index contributed by atoms with van der Waals surface area (Å²) in [6, 6.07) is 0. The van der Waals surface area contributed by atoms with Crippen molar-refractivity contribution in [3.8, 4) is 0 Å². The highest BCUT2D eigenvalue weighted by atomic mass is 16.5. The zero-order valence-electron chi connectivity index (χ0n) is 8.96. The Hall–Kier alpha value is -0.560. The van der Waals surface area contributed by atoms with Gasteiger partial charge in [0.25, 0.3) is 0 Å². The fraction of sp³-hybridized carbons (Fsp3) is 0.667. The second-order valence-electron chi connectivity index (χ2n) is 3.03. The molecule has 0 aliphatic heterocycles. The maximum absolute atomic E-state index is 5.46. The summed E-state index contributed by atoms with van der Waals surface area (Å²) in [6.45, 7) is 5.91. The number of ether oxygens (including phenoxy) is 1. The molecule has 0 aliphatic carbocycles. The molecular weight excluding hydrogens is 160 g/mol. The zero-order chi connectivity index (χ0) is 9.78. The molecule has 0 bridgehead atoms. The van der Waals surface area contributed by atoms with E-state index in [9.17, 15) is 0 Å². The smallest absolute Gasteiger partial charge is 0.0468 e. The molecule has 0 fully saturated rings. The van der Waals surface area contributed by atoms with Crippen molar-refractivity contribution in [2.45, 2.75) is 39.5 Å². The van der Waals surface area contributed by atoms with Crippen molar-refractivity contribution in [3.63, 3.8) is 0 Å². The van der Waals surface area contributed by atoms with Gasteiger partial charge in [-0.2, -0.15) is 0 Å². The van der Waals surface area contributed by atoms with Gasteiger partial charge in [-0.05, 0) is 39.5 Å². The normalized spacial score (nSPS) is 11.8. The van der Waals surface area contributed by atoms with Gasteiger partial charge in [0.1, 0.15) is 0 Å². The molecule has 0 saturated carbocycles. The monoisotopic (exact) mass is 182 g/mol. The van der Waals surface area contributed by atoms with Crippen LogP contribution in [0.4, 0.5) is 0 Å². The molecule has 0 radical (unpaired) electrons. The predicted octanol–water partition coefficient (Wildman–Crippen LogP) is 3.72. The van der Waals surface area contributed by atoms with Crippen LogP contribution in [0, 0.1) is 0 Å². The van der Waals surface area contributed by atoms with Crippen LogP contribution in [0.25, 0.3) is 0 Å². The summed E-state index contributed by atoms with van der Waals surface area (Å²) in [6.07, 6.45) is 13.1. The Morgan fingerprint density at radius 3 is 1.69 bits per heavy atom. The van der Waals surface area contributed by atoms with Gasteiger partial charge in [-0.15, -0.1) is 0 Å². The van der Waals surface area contributed by atoms with Gasteiger partial charge in [0.2, 0.25) is 0 Å². The van der Waals surface area contributed by atoms with E-state index >= 15 is 0 Å². The van der Waals surface area contributed by atoms with Crippen molar-refractivity contribution in [3.05, 3.63) is 24.3 Å². The maximum atomic E-state index is 5.46. The van der Waals surface area contributed by atoms with Crippen LogP contribution in [0.3, 0.4) is 0 Å². The lowest BCUT2D eigenvalue weighted by molar-refractivity contribution is 0.130. The second-order valence-corrected chi connectivity index (χ2v) is 3.03. The van der Waals surface area contributed by atoms with Crippen molar-refractivity contribution in [1.29, 1.82) is 0 Å². The van der Waals surface area contributed by atoms with Crippen LogP contribution in [-0.4, -0.2) is 13.2 Å². The standard InChI is InChI=1S/C12H22O/c1-3-5-7-9-11-13-12-10-8-6-4-2/h3-6H,7-12H2,1-2H3. The van der Waals surface area contributed by atoms with Crippen molar-refractivity contribution >= 4 is 0 Å². The fourth-order valence-corrected chi connectivity index (χ4v) is 1.04. The Morgan fingerprint density at radius 1 is 0.846 bits per heavy atom. The quantitative estimate of drug-likeness (QED) is 0.410. The molecule has 0 saturated heterocycles. The Morgan fingerprint density at radius 2 is 1.31 bits per heavy atom. The van der Waals surface area contributed by atoms with Gasteiger partial charge >= 0.3 is 0 Å². The Labute approximate surface area is 82.5 Å². The number of hydrogen-bond acceptors (Lipinski definition) is 1. The van der Waals surface area contributed by atoms with Gasteiger partial charge in [0.15, 0.2) is 0 Å². The molecule has 0 heterocycles. The van der Waals surface area contributed by atoms with Crippen LogP contribution in [0.5, 0.6) is 0 Å². The number of allylic oxidation sites excluding steroid dienone is 4. The fourth-order valence-electron chi connectivity index (χ4n) is 1.04. The van der Waals surface area contributed by atoms with Crippen LogP contribution < -0.4 is 0 Å². The zero-order valence-corrected chi connectivity index (χ0v) is 8.96. The summed E-state index contributed by atoms with van der Waals surface area (Å²) in [4.78, 5) is 0. The third-order valence-corrected chi connectivity index (χ3v) is 1.79. The first-order chi connectivity index (χ1) is 6.41. The van der Waals surface area contributed by atoms with E-state index in [2.05, 4.69) is 38.2 Å². The van der Waals surface area contributed by atoms with Crippen LogP contribution >= 0.6 is 0 Å². The summed E-state index contributed by atoms with van der Waals surface area (Å²) < 4.78 is 5.46. The first kappa shape index (κ1) is 12.4. The molecule has 0 aromatic heterocycles. The van der Waals surface area contributed by atoms with E-state index in [4.69, 9.17) is 4.74 Å². The molecule has 0 aromatic rings. The SMILES string of the molecule is CC=CCCCOCCCC=CC. The Balaban J connectivity index is 2.91. The van der Waals surface area contributed by atoms with E-state index in [0.717, 1.165) is 38.9 Å².